The van der Waals surface area contributed by atoms with Crippen LogP contribution in [0.1, 0.15) is 30.5 Å². The van der Waals surface area contributed by atoms with Crippen molar-refractivity contribution >= 4 is 39.9 Å². The van der Waals surface area contributed by atoms with Crippen LogP contribution in [0.15, 0.2) is 101 Å². The maximum atomic E-state index is 13.7. The minimum atomic E-state index is -4.80. The number of ether oxygens (including phenoxy) is 1. The van der Waals surface area contributed by atoms with Crippen LogP contribution < -0.4 is 15.1 Å². The van der Waals surface area contributed by atoms with Crippen LogP contribution >= 0.6 is 12.2 Å². The molecule has 1 saturated heterocycles. The van der Waals surface area contributed by atoms with Gasteiger partial charge in [-0.2, -0.15) is 18.4 Å². The van der Waals surface area contributed by atoms with Gasteiger partial charge in [0.25, 0.3) is 5.91 Å². The Hall–Kier alpha value is -6.73. The fraction of sp³-hybridized carbons (Fsp3) is 0.179. The Bertz CT molecular complexity index is 2580. The van der Waals surface area contributed by atoms with E-state index in [0.29, 0.717) is 17.8 Å². The van der Waals surface area contributed by atoms with Gasteiger partial charge in [-0.3, -0.25) is 14.5 Å². The van der Waals surface area contributed by atoms with Crippen molar-refractivity contribution in [3.8, 4) is 45.7 Å². The molecular formula is C39H29F3N6O6S. The lowest BCUT2D eigenvalue weighted by atomic mass is 10.0. The number of alkyl halides is 3. The smallest absolute Gasteiger partial charge is 0.417 e. The third-order valence-electron chi connectivity index (χ3n) is 9.24. The fourth-order valence-corrected chi connectivity index (χ4v) is 6.71. The maximum Gasteiger partial charge on any atom is 0.417 e. The highest BCUT2D eigenvalue weighted by molar-refractivity contribution is 7.80. The Balaban J connectivity index is 0.994. The number of aromatic nitrogens is 3. The first-order chi connectivity index (χ1) is 26.1. The van der Waals surface area contributed by atoms with Gasteiger partial charge in [0.05, 0.1) is 41.2 Å². The normalized spacial score (nSPS) is 14.1. The van der Waals surface area contributed by atoms with Crippen molar-refractivity contribution in [1.29, 1.82) is 5.26 Å². The lowest BCUT2D eigenvalue weighted by Crippen LogP contribution is -2.43. The number of carbonyl (C=O) groups is 1. The number of nitriles is 1. The van der Waals surface area contributed by atoms with E-state index in [1.807, 2.05) is 24.3 Å². The van der Waals surface area contributed by atoms with E-state index in [-0.39, 0.29) is 57.7 Å². The number of anilines is 1. The molecule has 1 amide bonds. The van der Waals surface area contributed by atoms with Crippen LogP contribution in [0.4, 0.5) is 18.9 Å². The van der Waals surface area contributed by atoms with Gasteiger partial charge in [0.15, 0.2) is 5.11 Å². The van der Waals surface area contributed by atoms with Gasteiger partial charge in [0.2, 0.25) is 5.43 Å². The van der Waals surface area contributed by atoms with E-state index >= 15 is 0 Å². The van der Waals surface area contributed by atoms with E-state index in [1.54, 1.807) is 47.8 Å². The molecule has 16 heteroatoms. The summed E-state index contributed by atoms with van der Waals surface area (Å²) in [4.78, 5) is 29.3. The van der Waals surface area contributed by atoms with Gasteiger partial charge in [0, 0.05) is 24.2 Å². The summed E-state index contributed by atoms with van der Waals surface area (Å²) in [5.74, 6) is -0.485. The van der Waals surface area contributed by atoms with Crippen LogP contribution in [0.2, 0.25) is 0 Å². The summed E-state index contributed by atoms with van der Waals surface area (Å²) in [6.07, 6.45) is -1.78. The molecule has 12 nitrogen and oxygen atoms in total. The minimum Gasteiger partial charge on any atom is -0.508 e. The van der Waals surface area contributed by atoms with E-state index in [2.05, 4.69) is 10.3 Å². The number of hydrogen-bond donors (Lipinski definition) is 2. The number of phenolic OH excluding ortho intramolecular Hbond substituents is 2. The van der Waals surface area contributed by atoms with Crippen LogP contribution in [0.25, 0.3) is 33.4 Å². The Morgan fingerprint density at radius 1 is 0.982 bits per heavy atom. The van der Waals surface area contributed by atoms with Crippen LogP contribution in [0, 0.1) is 11.3 Å². The number of carbonyl (C=O) groups excluding carboxylic acids is 1. The molecule has 0 aliphatic carbocycles. The summed E-state index contributed by atoms with van der Waals surface area (Å²) in [5.41, 5.74) is -0.416. The number of fused-ring (bicyclic) bond motifs is 1. The van der Waals surface area contributed by atoms with Crippen molar-refractivity contribution in [2.75, 3.05) is 11.5 Å². The number of thiocarbonyl (C=S) groups is 1. The van der Waals surface area contributed by atoms with E-state index in [4.69, 9.17) is 21.4 Å². The highest BCUT2D eigenvalue weighted by Gasteiger charge is 2.50. The Morgan fingerprint density at radius 3 is 2.38 bits per heavy atom. The standard InChI is InChI=1S/C39H29F3N6O6S/c1-38(2)36(52)48(26-10-7-25(18-43)30(15-26)39(40,41)42)37(55)47(38)19-22-3-5-24(6-4-22)31-20-46(45-44-31)13-14-53-28-16-32(50)34-33(17-28)54-21-29(35(34)51)23-8-11-27(49)12-9-23/h3-12,15-17,20-21,49-50H,13-14,19H2,1-2H3. The van der Waals surface area contributed by atoms with Crippen molar-refractivity contribution in [3.63, 3.8) is 0 Å². The summed E-state index contributed by atoms with van der Waals surface area (Å²) in [6.45, 7) is 3.91. The number of halogens is 3. The predicted molar refractivity (Wildman–Crippen MR) is 198 cm³/mol. The Kier molecular flexibility index (Phi) is 9.27. The zero-order chi connectivity index (χ0) is 39.2. The molecule has 0 bridgehead atoms. The van der Waals surface area contributed by atoms with E-state index < -0.39 is 34.2 Å². The van der Waals surface area contributed by atoms with Crippen molar-refractivity contribution in [2.24, 2.45) is 0 Å². The van der Waals surface area contributed by atoms with Gasteiger partial charge in [-0.05, 0) is 67.5 Å². The van der Waals surface area contributed by atoms with Crippen molar-refractivity contribution in [3.05, 3.63) is 118 Å². The highest BCUT2D eigenvalue weighted by atomic mass is 32.1. The van der Waals surface area contributed by atoms with E-state index in [1.165, 1.54) is 36.6 Å². The molecule has 0 radical (unpaired) electrons. The Labute approximate surface area is 315 Å². The summed E-state index contributed by atoms with van der Waals surface area (Å²) >= 11 is 5.61. The van der Waals surface area contributed by atoms with Crippen molar-refractivity contribution < 1.29 is 37.3 Å². The number of benzene rings is 4. The first kappa shape index (κ1) is 36.6. The molecule has 0 unspecified atom stereocenters. The Morgan fingerprint density at radius 2 is 1.69 bits per heavy atom. The predicted octanol–water partition coefficient (Wildman–Crippen LogP) is 7.01. The molecule has 1 aliphatic rings. The summed E-state index contributed by atoms with van der Waals surface area (Å²) in [7, 11) is 0. The average molecular weight is 767 g/mol. The molecule has 2 aromatic heterocycles. The topological polar surface area (TPSA) is 158 Å². The zero-order valence-corrected chi connectivity index (χ0v) is 29.9. The molecule has 1 aliphatic heterocycles. The number of rotatable bonds is 9. The third kappa shape index (κ3) is 6.93. The van der Waals surface area contributed by atoms with Crippen molar-refractivity contribution in [1.82, 2.24) is 19.9 Å². The van der Waals surface area contributed by atoms with Gasteiger partial charge in [-0.1, -0.05) is 41.6 Å². The van der Waals surface area contributed by atoms with Crippen LogP contribution in [-0.4, -0.2) is 53.3 Å². The van der Waals surface area contributed by atoms with Gasteiger partial charge in [-0.25, -0.2) is 4.68 Å². The van der Waals surface area contributed by atoms with Crippen LogP contribution in [0.3, 0.4) is 0 Å². The van der Waals surface area contributed by atoms with Crippen LogP contribution in [-0.2, 0) is 24.1 Å². The number of phenols is 2. The highest BCUT2D eigenvalue weighted by Crippen LogP contribution is 2.39. The van der Waals surface area contributed by atoms with Gasteiger partial charge in [0.1, 0.15) is 52.3 Å². The molecule has 1 fully saturated rings. The number of amides is 1. The molecule has 0 atom stereocenters. The second kappa shape index (κ2) is 13.9. The molecule has 278 valence electrons. The summed E-state index contributed by atoms with van der Waals surface area (Å²) < 4.78 is 54.1. The summed E-state index contributed by atoms with van der Waals surface area (Å²) in [5, 5.41) is 37.8. The van der Waals surface area contributed by atoms with Gasteiger partial charge < -0.3 is 24.3 Å². The van der Waals surface area contributed by atoms with E-state index in [0.717, 1.165) is 28.2 Å². The number of hydrogen-bond acceptors (Lipinski definition) is 10. The molecule has 7 rings (SSSR count). The molecule has 3 heterocycles. The first-order valence-electron chi connectivity index (χ1n) is 16.6. The minimum absolute atomic E-state index is 0.00164. The lowest BCUT2D eigenvalue weighted by molar-refractivity contribution is -0.137. The van der Waals surface area contributed by atoms with Gasteiger partial charge >= 0.3 is 6.18 Å². The molecule has 55 heavy (non-hydrogen) atoms. The summed E-state index contributed by atoms with van der Waals surface area (Å²) in [6, 6.07) is 20.8. The second-order valence-electron chi connectivity index (χ2n) is 13.2. The molecule has 6 aromatic rings. The zero-order valence-electron chi connectivity index (χ0n) is 29.0. The molecular weight excluding hydrogens is 738 g/mol. The molecule has 0 spiro atoms. The largest absolute Gasteiger partial charge is 0.508 e. The number of nitrogens with zero attached hydrogens (tertiary/aromatic N) is 6. The van der Waals surface area contributed by atoms with Crippen LogP contribution in [0.5, 0.6) is 17.2 Å². The van der Waals surface area contributed by atoms with E-state index in [9.17, 15) is 38.2 Å². The third-order valence-corrected chi connectivity index (χ3v) is 9.64. The lowest BCUT2D eigenvalue weighted by Gasteiger charge is -2.29. The van der Waals surface area contributed by atoms with Gasteiger partial charge in [-0.15, -0.1) is 5.10 Å². The fourth-order valence-electron chi connectivity index (χ4n) is 6.22. The van der Waals surface area contributed by atoms with Crippen molar-refractivity contribution in [2.45, 2.75) is 38.7 Å². The first-order valence-corrected chi connectivity index (χ1v) is 17.0. The SMILES string of the molecule is CC1(C)C(=O)N(c2ccc(C#N)c(C(F)(F)F)c2)C(=S)N1Cc1ccc(-c2cn(CCOc3cc(O)c4c(=O)c(-c5ccc(O)cc5)coc4c3)nn2)cc1. The average Bonchev–Trinajstić information content (AvgIpc) is 3.68. The molecule has 4 aromatic carbocycles. The maximum absolute atomic E-state index is 13.7. The molecule has 2 N–H and O–H groups in total. The monoisotopic (exact) mass is 766 g/mol. The quantitative estimate of drug-likeness (QED) is 0.146. The second-order valence-corrected chi connectivity index (χ2v) is 13.5. The molecule has 0 saturated carbocycles. The number of aromatic hydroxyl groups is 2.